The molecule has 2 unspecified atom stereocenters. The van der Waals surface area contributed by atoms with E-state index in [1.807, 2.05) is 27.7 Å². The fourth-order valence-corrected chi connectivity index (χ4v) is 3.05. The van der Waals surface area contributed by atoms with Gasteiger partial charge < -0.3 is 19.5 Å². The number of rotatable bonds is 6. The van der Waals surface area contributed by atoms with Gasteiger partial charge in [-0.25, -0.2) is 0 Å². The Labute approximate surface area is 147 Å². The van der Waals surface area contributed by atoms with Crippen molar-refractivity contribution in [1.82, 2.24) is 9.80 Å². The molecular weight excluding hydrogens is 326 g/mol. The summed E-state index contributed by atoms with van der Waals surface area (Å²) in [6.07, 6.45) is 0.0284. The SMILES string of the molecule is CC1=CN([C@H]2CC(N=[N+]=[N-])[C@@H](COC(C)C)O2)C(O)N(C(C)C)C1=O. The number of aliphatic hydroxyl groups is 1. The van der Waals surface area contributed by atoms with Crippen LogP contribution in [0.5, 0.6) is 0 Å². The van der Waals surface area contributed by atoms with Crippen LogP contribution in [0.1, 0.15) is 41.0 Å². The van der Waals surface area contributed by atoms with Gasteiger partial charge in [-0.1, -0.05) is 5.11 Å². The lowest BCUT2D eigenvalue weighted by atomic mass is 10.1. The molecule has 1 amide bonds. The van der Waals surface area contributed by atoms with E-state index in [-0.39, 0.29) is 24.1 Å². The molecule has 2 rings (SSSR count). The maximum atomic E-state index is 12.3. The van der Waals surface area contributed by atoms with Gasteiger partial charge in [0.15, 0.2) is 0 Å². The smallest absolute Gasteiger partial charge is 0.254 e. The van der Waals surface area contributed by atoms with E-state index in [1.165, 1.54) is 4.90 Å². The predicted molar refractivity (Wildman–Crippen MR) is 90.9 cm³/mol. The molecule has 140 valence electrons. The molecule has 1 saturated heterocycles. The number of nitrogens with zero attached hydrogens (tertiary/aromatic N) is 5. The monoisotopic (exact) mass is 353 g/mol. The van der Waals surface area contributed by atoms with Gasteiger partial charge in [0, 0.05) is 29.1 Å². The Kier molecular flexibility index (Phi) is 6.29. The van der Waals surface area contributed by atoms with Crippen LogP contribution in [-0.2, 0) is 14.3 Å². The van der Waals surface area contributed by atoms with Gasteiger partial charge >= 0.3 is 0 Å². The number of ether oxygens (including phenoxy) is 2. The zero-order chi connectivity index (χ0) is 18.7. The van der Waals surface area contributed by atoms with Crippen LogP contribution in [0.15, 0.2) is 16.9 Å². The normalized spacial score (nSPS) is 30.1. The Bertz CT molecular complexity index is 573. The average Bonchev–Trinajstić information content (AvgIpc) is 2.92. The van der Waals surface area contributed by atoms with Gasteiger partial charge in [-0.15, -0.1) is 0 Å². The quantitative estimate of drug-likeness (QED) is 0.445. The van der Waals surface area contributed by atoms with Gasteiger partial charge in [-0.2, -0.15) is 0 Å². The van der Waals surface area contributed by atoms with E-state index in [2.05, 4.69) is 10.0 Å². The van der Waals surface area contributed by atoms with Crippen LogP contribution in [-0.4, -0.2) is 64.3 Å². The van der Waals surface area contributed by atoms with Gasteiger partial charge in [-0.3, -0.25) is 9.69 Å². The van der Waals surface area contributed by atoms with Crippen molar-refractivity contribution in [3.63, 3.8) is 0 Å². The van der Waals surface area contributed by atoms with Crippen molar-refractivity contribution in [2.45, 2.75) is 77.9 Å². The van der Waals surface area contributed by atoms with Crippen molar-refractivity contribution < 1.29 is 19.4 Å². The molecule has 2 aliphatic heterocycles. The Hall–Kier alpha value is -1.80. The molecule has 9 heteroatoms. The minimum atomic E-state index is -1.13. The van der Waals surface area contributed by atoms with Crippen molar-refractivity contribution in [3.8, 4) is 0 Å². The van der Waals surface area contributed by atoms with Crippen molar-refractivity contribution in [2.75, 3.05) is 6.61 Å². The zero-order valence-electron chi connectivity index (χ0n) is 15.4. The lowest BCUT2D eigenvalue weighted by molar-refractivity contribution is -0.188. The Balaban J connectivity index is 2.19. The maximum absolute atomic E-state index is 12.3. The largest absolute Gasteiger partial charge is 0.376 e. The summed E-state index contributed by atoms with van der Waals surface area (Å²) in [6, 6.07) is -0.553. The molecule has 0 aromatic heterocycles. The average molecular weight is 353 g/mol. The zero-order valence-corrected chi connectivity index (χ0v) is 15.4. The van der Waals surface area contributed by atoms with E-state index >= 15 is 0 Å². The summed E-state index contributed by atoms with van der Waals surface area (Å²) in [5, 5.41) is 14.4. The second kappa shape index (κ2) is 8.05. The van der Waals surface area contributed by atoms with Crippen LogP contribution in [0, 0.1) is 0 Å². The lowest BCUT2D eigenvalue weighted by Crippen LogP contribution is -2.58. The summed E-state index contributed by atoms with van der Waals surface area (Å²) < 4.78 is 11.6. The fraction of sp³-hybridized carbons (Fsp3) is 0.812. The summed E-state index contributed by atoms with van der Waals surface area (Å²) >= 11 is 0. The third-order valence-corrected chi connectivity index (χ3v) is 4.32. The summed E-state index contributed by atoms with van der Waals surface area (Å²) in [5.41, 5.74) is 9.31. The van der Waals surface area contributed by atoms with Gasteiger partial charge in [0.05, 0.1) is 24.9 Å². The first-order valence-corrected chi connectivity index (χ1v) is 8.54. The second-order valence-electron chi connectivity index (χ2n) is 6.93. The minimum Gasteiger partial charge on any atom is -0.376 e. The van der Waals surface area contributed by atoms with E-state index in [0.29, 0.717) is 18.6 Å². The molecule has 4 atom stereocenters. The molecule has 2 heterocycles. The molecular formula is C16H27N5O4. The summed E-state index contributed by atoms with van der Waals surface area (Å²) in [4.78, 5) is 18.2. The summed E-state index contributed by atoms with van der Waals surface area (Å²) in [7, 11) is 0. The Morgan fingerprint density at radius 2 is 2.16 bits per heavy atom. The predicted octanol–water partition coefficient (Wildman–Crippen LogP) is 1.94. The Morgan fingerprint density at radius 3 is 2.72 bits per heavy atom. The highest BCUT2D eigenvalue weighted by atomic mass is 16.6. The first kappa shape index (κ1) is 19.5. The van der Waals surface area contributed by atoms with Crippen LogP contribution in [0.4, 0.5) is 0 Å². The van der Waals surface area contributed by atoms with Gasteiger partial charge in [-0.05, 0) is 40.1 Å². The number of aliphatic hydroxyl groups excluding tert-OH is 1. The third kappa shape index (κ3) is 4.24. The van der Waals surface area contributed by atoms with Crippen molar-refractivity contribution >= 4 is 5.91 Å². The molecule has 0 spiro atoms. The molecule has 0 radical (unpaired) electrons. The number of hydrogen-bond donors (Lipinski definition) is 1. The van der Waals surface area contributed by atoms with Crippen molar-refractivity contribution in [3.05, 3.63) is 22.2 Å². The van der Waals surface area contributed by atoms with Gasteiger partial charge in [0.25, 0.3) is 5.91 Å². The number of carbonyl (C=O) groups is 1. The van der Waals surface area contributed by atoms with Crippen molar-refractivity contribution in [2.24, 2.45) is 5.11 Å². The minimum absolute atomic E-state index is 0.0335. The van der Waals surface area contributed by atoms with Crippen LogP contribution >= 0.6 is 0 Å². The first-order chi connectivity index (χ1) is 11.8. The molecule has 0 bridgehead atoms. The number of hydrogen-bond acceptors (Lipinski definition) is 6. The van der Waals surface area contributed by atoms with E-state index in [1.54, 1.807) is 18.0 Å². The lowest BCUT2D eigenvalue weighted by Gasteiger charge is -2.43. The van der Waals surface area contributed by atoms with E-state index < -0.39 is 18.7 Å². The van der Waals surface area contributed by atoms with E-state index in [0.717, 1.165) is 0 Å². The summed E-state index contributed by atoms with van der Waals surface area (Å²) in [5.74, 6) is -0.206. The van der Waals surface area contributed by atoms with Crippen LogP contribution in [0.3, 0.4) is 0 Å². The van der Waals surface area contributed by atoms with Crippen LogP contribution < -0.4 is 0 Å². The highest BCUT2D eigenvalue weighted by Gasteiger charge is 2.43. The van der Waals surface area contributed by atoms with Crippen molar-refractivity contribution in [1.29, 1.82) is 0 Å². The van der Waals surface area contributed by atoms with Crippen LogP contribution in [0.25, 0.3) is 10.4 Å². The fourth-order valence-electron chi connectivity index (χ4n) is 3.05. The highest BCUT2D eigenvalue weighted by Crippen LogP contribution is 2.31. The Morgan fingerprint density at radius 1 is 1.48 bits per heavy atom. The summed E-state index contributed by atoms with van der Waals surface area (Å²) in [6.45, 7) is 9.53. The molecule has 0 saturated carbocycles. The maximum Gasteiger partial charge on any atom is 0.254 e. The van der Waals surface area contributed by atoms with Crippen LogP contribution in [0.2, 0.25) is 0 Å². The van der Waals surface area contributed by atoms with Gasteiger partial charge in [0.2, 0.25) is 6.35 Å². The standard InChI is InChI=1S/C16H27N5O4/c1-9(2)21-15(22)11(5)7-20(16(21)23)14-6-12(18-19-17)13(25-14)8-24-10(3)4/h7,9-10,12-14,16,23H,6,8H2,1-5H3/t12?,13-,14-,16?/m1/s1. The van der Waals surface area contributed by atoms with Gasteiger partial charge in [0.1, 0.15) is 6.23 Å². The molecule has 2 aliphatic rings. The highest BCUT2D eigenvalue weighted by molar-refractivity contribution is 5.93. The number of carbonyl (C=O) groups excluding carboxylic acids is 1. The number of amides is 1. The molecule has 0 aromatic carbocycles. The third-order valence-electron chi connectivity index (χ3n) is 4.32. The molecule has 9 nitrogen and oxygen atoms in total. The molecule has 1 N–H and O–H groups in total. The molecule has 0 aromatic rings. The topological polar surface area (TPSA) is 111 Å². The molecule has 1 fully saturated rings. The first-order valence-electron chi connectivity index (χ1n) is 8.54. The molecule has 0 aliphatic carbocycles. The van der Waals surface area contributed by atoms with E-state index in [4.69, 9.17) is 15.0 Å². The molecule has 25 heavy (non-hydrogen) atoms. The second-order valence-corrected chi connectivity index (χ2v) is 6.93. The number of azide groups is 1. The van der Waals surface area contributed by atoms with E-state index in [9.17, 15) is 9.90 Å².